The van der Waals surface area contributed by atoms with E-state index >= 15 is 0 Å². The Morgan fingerprint density at radius 2 is 1.83 bits per heavy atom. The summed E-state index contributed by atoms with van der Waals surface area (Å²) in [6.45, 7) is 1.61. The number of hydrogen-bond acceptors (Lipinski definition) is 7. The number of benzene rings is 2. The van der Waals surface area contributed by atoms with Gasteiger partial charge in [-0.3, -0.25) is 10.1 Å². The molecule has 0 radical (unpaired) electrons. The maximum Gasteiger partial charge on any atom is 0.534 e. The molecule has 1 N–H and O–H groups in total. The predicted octanol–water partition coefficient (Wildman–Crippen LogP) is 4.12. The van der Waals surface area contributed by atoms with Crippen LogP contribution < -0.4 is 8.92 Å². The fourth-order valence-electron chi connectivity index (χ4n) is 3.09. The van der Waals surface area contributed by atoms with E-state index in [1.54, 1.807) is 6.92 Å². The zero-order chi connectivity index (χ0) is 21.6. The molecule has 29 heavy (non-hydrogen) atoms. The van der Waals surface area contributed by atoms with Gasteiger partial charge in [-0.25, -0.2) is 0 Å². The number of aromatic hydroxyl groups is 1. The number of alkyl halides is 3. The van der Waals surface area contributed by atoms with Gasteiger partial charge in [-0.15, -0.1) is 0 Å². The fraction of sp³-hybridized carbons (Fsp3) is 0.294. The van der Waals surface area contributed by atoms with Crippen LogP contribution in [0.5, 0.6) is 23.0 Å². The first kappa shape index (κ1) is 20.7. The monoisotopic (exact) mass is 433 g/mol. The molecule has 0 atom stereocenters. The van der Waals surface area contributed by atoms with Gasteiger partial charge in [0.25, 0.3) is 5.69 Å². The SMILES string of the molecule is Cc1cc([N+](=O)[O-])c2c(c1Oc1ccc(OS(=O)(=O)C(F)(F)F)c(O)c1)CCC2. The van der Waals surface area contributed by atoms with E-state index in [0.29, 0.717) is 41.7 Å². The minimum Gasteiger partial charge on any atom is -0.504 e. The molecule has 0 spiro atoms. The van der Waals surface area contributed by atoms with Crippen molar-refractivity contribution in [2.45, 2.75) is 31.7 Å². The molecule has 0 aromatic heterocycles. The molecule has 1 aliphatic rings. The fourth-order valence-corrected chi connectivity index (χ4v) is 3.56. The number of aryl methyl sites for hydroxylation is 1. The van der Waals surface area contributed by atoms with Gasteiger partial charge >= 0.3 is 15.6 Å². The molecule has 1 aliphatic carbocycles. The summed E-state index contributed by atoms with van der Waals surface area (Å²) in [5.41, 5.74) is -3.99. The highest BCUT2D eigenvalue weighted by Gasteiger charge is 2.48. The van der Waals surface area contributed by atoms with E-state index < -0.39 is 32.0 Å². The second kappa shape index (κ2) is 7.10. The van der Waals surface area contributed by atoms with Crippen molar-refractivity contribution in [2.75, 3.05) is 0 Å². The van der Waals surface area contributed by atoms with Gasteiger partial charge in [0, 0.05) is 23.3 Å². The summed E-state index contributed by atoms with van der Waals surface area (Å²) >= 11 is 0. The summed E-state index contributed by atoms with van der Waals surface area (Å²) in [6.07, 6.45) is 1.75. The van der Waals surface area contributed by atoms with Gasteiger partial charge in [0.05, 0.1) is 4.92 Å². The largest absolute Gasteiger partial charge is 0.534 e. The van der Waals surface area contributed by atoms with Crippen molar-refractivity contribution >= 4 is 15.8 Å². The van der Waals surface area contributed by atoms with E-state index in [1.807, 2.05) is 0 Å². The van der Waals surface area contributed by atoms with Crippen molar-refractivity contribution in [1.29, 1.82) is 0 Å². The second-order valence-electron chi connectivity index (χ2n) is 6.32. The lowest BCUT2D eigenvalue weighted by Gasteiger charge is -2.15. The van der Waals surface area contributed by atoms with Crippen LogP contribution in [0.4, 0.5) is 18.9 Å². The molecule has 2 aromatic rings. The van der Waals surface area contributed by atoms with E-state index in [9.17, 15) is 36.8 Å². The predicted molar refractivity (Wildman–Crippen MR) is 93.6 cm³/mol. The van der Waals surface area contributed by atoms with E-state index in [4.69, 9.17) is 4.74 Å². The molecule has 0 saturated heterocycles. The lowest BCUT2D eigenvalue weighted by Crippen LogP contribution is -2.28. The highest BCUT2D eigenvalue weighted by Crippen LogP contribution is 2.42. The highest BCUT2D eigenvalue weighted by atomic mass is 32.2. The Morgan fingerprint density at radius 1 is 1.17 bits per heavy atom. The normalized spacial score (nSPS) is 13.8. The molecule has 3 rings (SSSR count). The first-order chi connectivity index (χ1) is 13.4. The minimum atomic E-state index is -5.94. The van der Waals surface area contributed by atoms with Gasteiger partial charge in [0.2, 0.25) is 0 Å². The molecule has 2 aromatic carbocycles. The van der Waals surface area contributed by atoms with E-state index in [1.165, 1.54) is 6.07 Å². The summed E-state index contributed by atoms with van der Waals surface area (Å²) in [4.78, 5) is 10.8. The van der Waals surface area contributed by atoms with E-state index in [2.05, 4.69) is 4.18 Å². The molecule has 156 valence electrons. The molecule has 0 saturated carbocycles. The summed E-state index contributed by atoms with van der Waals surface area (Å²) in [6, 6.07) is 4.19. The standard InChI is InChI=1S/C17H14F3NO7S/c1-9-7-13(21(23)24)11-3-2-4-12(11)16(9)27-10-5-6-15(14(22)8-10)28-29(25,26)17(18,19)20/h5-8,22H,2-4H2,1H3. The quantitative estimate of drug-likeness (QED) is 0.326. The number of rotatable bonds is 5. The van der Waals surface area contributed by atoms with E-state index in [0.717, 1.165) is 18.2 Å². The van der Waals surface area contributed by atoms with Crippen LogP contribution in [-0.2, 0) is 23.0 Å². The van der Waals surface area contributed by atoms with Crippen molar-refractivity contribution in [3.8, 4) is 23.0 Å². The number of ether oxygens (including phenoxy) is 1. The van der Waals surface area contributed by atoms with Crippen LogP contribution in [0.1, 0.15) is 23.1 Å². The van der Waals surface area contributed by atoms with Gasteiger partial charge in [0.15, 0.2) is 11.5 Å². The lowest BCUT2D eigenvalue weighted by atomic mass is 10.0. The third kappa shape index (κ3) is 3.92. The Labute approximate surface area is 162 Å². The van der Waals surface area contributed by atoms with Crippen molar-refractivity contribution < 1.29 is 40.5 Å². The summed E-state index contributed by atoms with van der Waals surface area (Å²) in [5, 5.41) is 21.1. The van der Waals surface area contributed by atoms with Crippen molar-refractivity contribution in [3.63, 3.8) is 0 Å². The van der Waals surface area contributed by atoms with Gasteiger partial charge in [0.1, 0.15) is 11.5 Å². The topological polar surface area (TPSA) is 116 Å². The van der Waals surface area contributed by atoms with Gasteiger partial charge in [-0.05, 0) is 43.9 Å². The molecule has 0 amide bonds. The van der Waals surface area contributed by atoms with Crippen LogP contribution in [0.15, 0.2) is 24.3 Å². The maximum absolute atomic E-state index is 12.4. The lowest BCUT2D eigenvalue weighted by molar-refractivity contribution is -0.385. The number of phenolic OH excluding ortho intramolecular Hbond substituents is 1. The second-order valence-corrected chi connectivity index (χ2v) is 7.86. The Hall–Kier alpha value is -3.02. The van der Waals surface area contributed by atoms with Crippen molar-refractivity contribution in [3.05, 3.63) is 51.1 Å². The number of nitrogens with zero attached hydrogens (tertiary/aromatic N) is 1. The average Bonchev–Trinajstić information content (AvgIpc) is 3.07. The molecule has 0 fully saturated rings. The Morgan fingerprint density at radius 3 is 2.41 bits per heavy atom. The van der Waals surface area contributed by atoms with Crippen LogP contribution in [-0.4, -0.2) is 24.0 Å². The number of halogens is 3. The number of hydrogen-bond donors (Lipinski definition) is 1. The minimum absolute atomic E-state index is 0.00805. The number of nitro groups is 1. The zero-order valence-electron chi connectivity index (χ0n) is 14.8. The first-order valence-corrected chi connectivity index (χ1v) is 9.63. The number of nitro benzene ring substituents is 1. The molecule has 0 bridgehead atoms. The van der Waals surface area contributed by atoms with Gasteiger partial charge in [-0.2, -0.15) is 21.6 Å². The Bertz CT molecular complexity index is 1100. The summed E-state index contributed by atoms with van der Waals surface area (Å²) < 4.78 is 69.0. The average molecular weight is 433 g/mol. The van der Waals surface area contributed by atoms with Crippen molar-refractivity contribution in [2.24, 2.45) is 0 Å². The third-order valence-electron chi connectivity index (χ3n) is 4.34. The number of phenols is 1. The summed E-state index contributed by atoms with van der Waals surface area (Å²) in [5.74, 6) is -1.46. The third-order valence-corrected chi connectivity index (χ3v) is 5.31. The molecular formula is C17H14F3NO7S. The van der Waals surface area contributed by atoms with Crippen molar-refractivity contribution in [1.82, 2.24) is 0 Å². The van der Waals surface area contributed by atoms with E-state index in [-0.39, 0.29) is 11.4 Å². The Kier molecular flexibility index (Phi) is 5.07. The van der Waals surface area contributed by atoms with Crippen LogP contribution in [0.25, 0.3) is 0 Å². The zero-order valence-corrected chi connectivity index (χ0v) is 15.6. The first-order valence-electron chi connectivity index (χ1n) is 8.22. The van der Waals surface area contributed by atoms with Crippen LogP contribution in [0.2, 0.25) is 0 Å². The molecule has 8 nitrogen and oxygen atoms in total. The van der Waals surface area contributed by atoms with Gasteiger partial charge in [-0.1, -0.05) is 0 Å². The Balaban J connectivity index is 1.92. The molecule has 0 heterocycles. The molecule has 0 aliphatic heterocycles. The van der Waals surface area contributed by atoms with Gasteiger partial charge < -0.3 is 14.0 Å². The molecular weight excluding hydrogens is 419 g/mol. The molecule has 12 heteroatoms. The maximum atomic E-state index is 12.4. The van der Waals surface area contributed by atoms with Crippen LogP contribution in [0, 0.1) is 17.0 Å². The molecule has 0 unspecified atom stereocenters. The van der Waals surface area contributed by atoms with Crippen LogP contribution in [0.3, 0.4) is 0 Å². The number of fused-ring (bicyclic) bond motifs is 1. The smallest absolute Gasteiger partial charge is 0.504 e. The summed E-state index contributed by atoms with van der Waals surface area (Å²) in [7, 11) is -5.94. The van der Waals surface area contributed by atoms with Crippen LogP contribution >= 0.6 is 0 Å². The highest BCUT2D eigenvalue weighted by molar-refractivity contribution is 7.88.